The quantitative estimate of drug-likeness (QED) is 0.601. The molecule has 2 aromatic rings. The first-order valence-electron chi connectivity index (χ1n) is 12.0. The van der Waals surface area contributed by atoms with E-state index in [1.54, 1.807) is 12.0 Å². The van der Waals surface area contributed by atoms with E-state index in [-0.39, 0.29) is 36.2 Å². The number of hydrogen-bond donors (Lipinski definition) is 3. The van der Waals surface area contributed by atoms with Crippen LogP contribution in [0.5, 0.6) is 5.75 Å². The highest BCUT2D eigenvalue weighted by molar-refractivity contribution is 5.99. The van der Waals surface area contributed by atoms with Gasteiger partial charge in [0.05, 0.1) is 13.2 Å². The molecule has 8 heteroatoms. The summed E-state index contributed by atoms with van der Waals surface area (Å²) in [6.45, 7) is 4.26. The van der Waals surface area contributed by atoms with Crippen LogP contribution in [0.25, 0.3) is 10.9 Å². The van der Waals surface area contributed by atoms with Gasteiger partial charge in [0.1, 0.15) is 17.8 Å². The molecule has 1 aliphatic carbocycles. The number of fused-ring (bicyclic) bond motifs is 4. The van der Waals surface area contributed by atoms with Gasteiger partial charge in [0, 0.05) is 41.5 Å². The van der Waals surface area contributed by atoms with Crippen molar-refractivity contribution in [3.8, 4) is 5.75 Å². The van der Waals surface area contributed by atoms with Gasteiger partial charge in [-0.2, -0.15) is 0 Å². The van der Waals surface area contributed by atoms with Crippen LogP contribution in [0, 0.1) is 5.92 Å². The molecule has 1 aromatic heterocycles. The fourth-order valence-electron chi connectivity index (χ4n) is 5.25. The summed E-state index contributed by atoms with van der Waals surface area (Å²) in [6, 6.07) is 4.78. The van der Waals surface area contributed by atoms with Gasteiger partial charge in [-0.3, -0.25) is 14.4 Å². The van der Waals surface area contributed by atoms with Crippen molar-refractivity contribution in [1.29, 1.82) is 0 Å². The number of rotatable bonds is 7. The maximum Gasteiger partial charge on any atom is 0.246 e. The van der Waals surface area contributed by atoms with Crippen LogP contribution < -0.4 is 15.4 Å². The second-order valence-electron chi connectivity index (χ2n) is 9.98. The first-order chi connectivity index (χ1) is 15.9. The molecule has 0 spiro atoms. The number of methoxy groups -OCH3 is 1. The molecule has 3 N–H and O–H groups in total. The predicted octanol–water partition coefficient (Wildman–Crippen LogP) is 2.57. The van der Waals surface area contributed by atoms with Crippen molar-refractivity contribution in [2.45, 2.75) is 76.5 Å². The first kappa shape index (κ1) is 21.8. The van der Waals surface area contributed by atoms with Crippen molar-refractivity contribution >= 4 is 28.6 Å². The van der Waals surface area contributed by atoms with Gasteiger partial charge >= 0.3 is 0 Å². The summed E-state index contributed by atoms with van der Waals surface area (Å²) in [5, 5.41) is 6.94. The van der Waals surface area contributed by atoms with Crippen LogP contribution in [0.4, 0.5) is 0 Å². The summed E-state index contributed by atoms with van der Waals surface area (Å²) in [5.41, 5.74) is 3.07. The summed E-state index contributed by atoms with van der Waals surface area (Å²) in [4.78, 5) is 44.3. The average Bonchev–Trinajstić information content (AvgIpc) is 3.52. The van der Waals surface area contributed by atoms with Crippen LogP contribution in [0.1, 0.15) is 63.3 Å². The molecule has 3 aliphatic rings. The summed E-state index contributed by atoms with van der Waals surface area (Å²) in [7, 11) is 1.64. The Morgan fingerprint density at radius 2 is 2.06 bits per heavy atom. The molecule has 8 nitrogen and oxygen atoms in total. The number of H-pyrrole nitrogens is 1. The van der Waals surface area contributed by atoms with E-state index in [0.717, 1.165) is 47.2 Å². The smallest absolute Gasteiger partial charge is 0.246 e. The molecule has 0 bridgehead atoms. The molecule has 0 unspecified atom stereocenters. The Morgan fingerprint density at radius 3 is 2.76 bits per heavy atom. The molecule has 3 heterocycles. The second kappa shape index (κ2) is 8.39. The topological polar surface area (TPSA) is 104 Å². The third-order valence-electron chi connectivity index (χ3n) is 7.02. The lowest BCUT2D eigenvalue weighted by atomic mass is 9.85. The van der Waals surface area contributed by atoms with Crippen LogP contribution in [0.2, 0.25) is 0 Å². The number of nitrogens with one attached hydrogen (secondary N) is 3. The molecule has 2 fully saturated rings. The number of nitrogens with zero attached hydrogens (tertiary/aromatic N) is 1. The van der Waals surface area contributed by atoms with Crippen molar-refractivity contribution in [1.82, 2.24) is 20.5 Å². The Labute approximate surface area is 193 Å². The van der Waals surface area contributed by atoms with Crippen LogP contribution >= 0.6 is 0 Å². The normalized spacial score (nSPS) is 24.5. The van der Waals surface area contributed by atoms with Crippen LogP contribution in [0.15, 0.2) is 18.2 Å². The van der Waals surface area contributed by atoms with Crippen LogP contribution in [-0.4, -0.2) is 52.8 Å². The second-order valence-corrected chi connectivity index (χ2v) is 9.98. The SMILES string of the molecule is COc1ccc2c3c([nH]c2c1)[C@H](CC(C)C)N1C(=O)[C@H](CCC(=O)NC2CC2)NC(=O)[C@@H]1C3. The van der Waals surface area contributed by atoms with E-state index < -0.39 is 12.1 Å². The first-order valence-corrected chi connectivity index (χ1v) is 12.0. The zero-order chi connectivity index (χ0) is 23.3. The third kappa shape index (κ3) is 4.07. The Morgan fingerprint density at radius 1 is 1.27 bits per heavy atom. The predicted molar refractivity (Wildman–Crippen MR) is 124 cm³/mol. The summed E-state index contributed by atoms with van der Waals surface area (Å²) >= 11 is 0. The van der Waals surface area contributed by atoms with E-state index >= 15 is 0 Å². The highest BCUT2D eigenvalue weighted by Crippen LogP contribution is 2.42. The minimum Gasteiger partial charge on any atom is -0.497 e. The van der Waals surface area contributed by atoms with Gasteiger partial charge in [-0.05, 0) is 49.3 Å². The maximum absolute atomic E-state index is 13.6. The van der Waals surface area contributed by atoms with Crippen molar-refractivity contribution < 1.29 is 19.1 Å². The molecule has 5 rings (SSSR count). The number of aromatic nitrogens is 1. The zero-order valence-corrected chi connectivity index (χ0v) is 19.4. The van der Waals surface area contributed by atoms with E-state index in [0.29, 0.717) is 18.8 Å². The maximum atomic E-state index is 13.6. The van der Waals surface area contributed by atoms with Gasteiger partial charge < -0.3 is 25.3 Å². The molecule has 1 saturated carbocycles. The minimum atomic E-state index is -0.667. The Kier molecular flexibility index (Phi) is 5.54. The van der Waals surface area contributed by atoms with Gasteiger partial charge in [-0.15, -0.1) is 0 Å². The van der Waals surface area contributed by atoms with Gasteiger partial charge in [-0.25, -0.2) is 0 Å². The zero-order valence-electron chi connectivity index (χ0n) is 19.4. The van der Waals surface area contributed by atoms with Crippen molar-refractivity contribution in [2.75, 3.05) is 7.11 Å². The largest absolute Gasteiger partial charge is 0.497 e. The molecule has 3 atom stereocenters. The molecule has 33 heavy (non-hydrogen) atoms. The Hall–Kier alpha value is -3.03. The number of aromatic amines is 1. The number of amides is 3. The van der Waals surface area contributed by atoms with Crippen molar-refractivity contribution in [3.63, 3.8) is 0 Å². The van der Waals surface area contributed by atoms with Crippen LogP contribution in [-0.2, 0) is 20.8 Å². The molecule has 1 aromatic carbocycles. The molecule has 2 aliphatic heterocycles. The molecule has 0 radical (unpaired) electrons. The fraction of sp³-hybridized carbons (Fsp3) is 0.560. The lowest BCUT2D eigenvalue weighted by molar-refractivity contribution is -0.154. The van der Waals surface area contributed by atoms with E-state index in [2.05, 4.69) is 29.5 Å². The van der Waals surface area contributed by atoms with Gasteiger partial charge in [0.2, 0.25) is 17.7 Å². The summed E-state index contributed by atoms with van der Waals surface area (Å²) in [5.74, 6) is 0.822. The molecular formula is C25H32N4O4. The number of carbonyl (C=O) groups excluding carboxylic acids is 3. The number of ether oxygens (including phenoxy) is 1. The lowest BCUT2D eigenvalue weighted by Crippen LogP contribution is -2.66. The van der Waals surface area contributed by atoms with Gasteiger partial charge in [0.15, 0.2) is 0 Å². The van der Waals surface area contributed by atoms with Crippen molar-refractivity contribution in [3.05, 3.63) is 29.5 Å². The number of benzene rings is 1. The highest BCUT2D eigenvalue weighted by atomic mass is 16.5. The van der Waals surface area contributed by atoms with Crippen molar-refractivity contribution in [2.24, 2.45) is 5.92 Å². The highest BCUT2D eigenvalue weighted by Gasteiger charge is 2.48. The monoisotopic (exact) mass is 452 g/mol. The minimum absolute atomic E-state index is 0.0501. The third-order valence-corrected chi connectivity index (χ3v) is 7.02. The molecule has 3 amide bonds. The Bertz CT molecular complexity index is 1100. The number of piperazine rings is 1. The van der Waals surface area contributed by atoms with Gasteiger partial charge in [-0.1, -0.05) is 13.8 Å². The molecule has 176 valence electrons. The average molecular weight is 453 g/mol. The number of hydrogen-bond acceptors (Lipinski definition) is 4. The van der Waals surface area contributed by atoms with E-state index in [1.165, 1.54) is 0 Å². The van der Waals surface area contributed by atoms with E-state index in [9.17, 15) is 14.4 Å². The molecule has 1 saturated heterocycles. The van der Waals surface area contributed by atoms with Gasteiger partial charge in [0.25, 0.3) is 0 Å². The summed E-state index contributed by atoms with van der Waals surface area (Å²) in [6.07, 6.45) is 3.82. The van der Waals surface area contributed by atoms with E-state index in [4.69, 9.17) is 4.74 Å². The van der Waals surface area contributed by atoms with E-state index in [1.807, 2.05) is 18.2 Å². The fourth-order valence-corrected chi connectivity index (χ4v) is 5.25. The van der Waals surface area contributed by atoms with Crippen LogP contribution in [0.3, 0.4) is 0 Å². The summed E-state index contributed by atoms with van der Waals surface area (Å²) < 4.78 is 5.38. The number of carbonyl (C=O) groups is 3. The standard InChI is InChI=1S/C25H32N4O4/c1-13(2)10-20-23-17(16-7-6-15(33-3)11-19(16)27-23)12-21-24(31)28-18(25(32)29(20)21)8-9-22(30)26-14-4-5-14/h6-7,11,13-14,18,20-21,27H,4-5,8-10,12H2,1-3H3,(H,26,30)(H,28,31)/t18-,20-,21-/m0/s1. The Balaban J connectivity index is 1.45. The molecular weight excluding hydrogens is 420 g/mol. The lowest BCUT2D eigenvalue weighted by Gasteiger charge is -2.46.